The van der Waals surface area contributed by atoms with Gasteiger partial charge in [0.15, 0.2) is 5.92 Å². The number of carbonyl (C=O) groups is 2. The van der Waals surface area contributed by atoms with Crippen LogP contribution in [0.4, 0.5) is 13.2 Å². The molecule has 0 spiro atoms. The Morgan fingerprint density at radius 2 is 2.11 bits per heavy atom. The predicted molar refractivity (Wildman–Crippen MR) is 52.1 cm³/mol. The second-order valence-electron chi connectivity index (χ2n) is 4.01. The zero-order valence-corrected chi connectivity index (χ0v) is 9.28. The summed E-state index contributed by atoms with van der Waals surface area (Å²) in [4.78, 5) is 23.3. The SMILES string of the molecule is N#CC(CC(=O)N1CCC[C@H]1C(=O)O)C(F)(F)F. The Hall–Kier alpha value is -1.78. The Balaban J connectivity index is 2.71. The first-order valence-electron chi connectivity index (χ1n) is 5.26. The van der Waals surface area contributed by atoms with Crippen LogP contribution >= 0.6 is 0 Å². The highest BCUT2D eigenvalue weighted by atomic mass is 19.4. The van der Waals surface area contributed by atoms with E-state index >= 15 is 0 Å². The number of halogens is 3. The number of carboxylic acid groups (broad SMARTS) is 1. The van der Waals surface area contributed by atoms with Gasteiger partial charge in [0, 0.05) is 6.54 Å². The van der Waals surface area contributed by atoms with Crippen molar-refractivity contribution in [3.63, 3.8) is 0 Å². The summed E-state index contributed by atoms with van der Waals surface area (Å²) in [7, 11) is 0. The summed E-state index contributed by atoms with van der Waals surface area (Å²) in [6.45, 7) is 0.117. The third-order valence-corrected chi connectivity index (χ3v) is 2.79. The van der Waals surface area contributed by atoms with Crippen LogP contribution in [0.15, 0.2) is 0 Å². The maximum absolute atomic E-state index is 12.3. The number of hydrogen-bond acceptors (Lipinski definition) is 3. The molecule has 0 bridgehead atoms. The van der Waals surface area contributed by atoms with Crippen molar-refractivity contribution in [1.29, 1.82) is 5.26 Å². The Bertz CT molecular complexity index is 389. The lowest BCUT2D eigenvalue weighted by molar-refractivity contribution is -0.168. The molecule has 1 unspecified atom stereocenters. The average molecular weight is 264 g/mol. The molecule has 1 amide bonds. The first-order chi connectivity index (χ1) is 8.27. The van der Waals surface area contributed by atoms with E-state index in [1.54, 1.807) is 0 Å². The maximum Gasteiger partial charge on any atom is 0.404 e. The Morgan fingerprint density at radius 1 is 1.50 bits per heavy atom. The minimum Gasteiger partial charge on any atom is -0.480 e. The van der Waals surface area contributed by atoms with Crippen molar-refractivity contribution in [2.75, 3.05) is 6.54 Å². The van der Waals surface area contributed by atoms with Crippen LogP contribution in [-0.4, -0.2) is 40.6 Å². The van der Waals surface area contributed by atoms with Gasteiger partial charge in [-0.15, -0.1) is 0 Å². The number of nitrogens with zero attached hydrogens (tertiary/aromatic N) is 2. The normalized spacial score (nSPS) is 21.4. The van der Waals surface area contributed by atoms with Gasteiger partial charge in [-0.25, -0.2) is 4.79 Å². The second-order valence-corrected chi connectivity index (χ2v) is 4.01. The number of carboxylic acids is 1. The average Bonchev–Trinajstić information content (AvgIpc) is 2.72. The van der Waals surface area contributed by atoms with Crippen LogP contribution in [0.5, 0.6) is 0 Å². The highest BCUT2D eigenvalue weighted by Crippen LogP contribution is 2.30. The third-order valence-electron chi connectivity index (χ3n) is 2.79. The molecule has 1 fully saturated rings. The van der Waals surface area contributed by atoms with Crippen molar-refractivity contribution in [3.05, 3.63) is 0 Å². The molecule has 1 N–H and O–H groups in total. The van der Waals surface area contributed by atoms with Gasteiger partial charge in [-0.2, -0.15) is 18.4 Å². The molecule has 0 radical (unpaired) electrons. The maximum atomic E-state index is 12.3. The molecular formula is C10H11F3N2O3. The van der Waals surface area contributed by atoms with Gasteiger partial charge in [-0.3, -0.25) is 4.79 Å². The largest absolute Gasteiger partial charge is 0.480 e. The van der Waals surface area contributed by atoms with E-state index in [0.717, 1.165) is 11.0 Å². The van der Waals surface area contributed by atoms with Gasteiger partial charge in [-0.1, -0.05) is 0 Å². The van der Waals surface area contributed by atoms with Crippen molar-refractivity contribution >= 4 is 11.9 Å². The van der Waals surface area contributed by atoms with Crippen molar-refractivity contribution < 1.29 is 27.9 Å². The van der Waals surface area contributed by atoms with E-state index in [-0.39, 0.29) is 13.0 Å². The molecule has 0 aromatic rings. The summed E-state index contributed by atoms with van der Waals surface area (Å²) < 4.78 is 36.9. The standard InChI is InChI=1S/C10H11F3N2O3/c11-10(12,13)6(5-14)4-8(16)15-3-1-2-7(15)9(17)18/h6-7H,1-4H2,(H,17,18)/t6?,7-/m0/s1. The minimum atomic E-state index is -4.77. The number of likely N-dealkylation sites (tertiary alicyclic amines) is 1. The monoisotopic (exact) mass is 264 g/mol. The molecule has 0 aromatic carbocycles. The smallest absolute Gasteiger partial charge is 0.404 e. The van der Waals surface area contributed by atoms with Crippen LogP contribution in [0.25, 0.3) is 0 Å². The summed E-state index contributed by atoms with van der Waals surface area (Å²) in [5.74, 6) is -4.56. The molecule has 1 heterocycles. The van der Waals surface area contributed by atoms with E-state index < -0.39 is 36.4 Å². The van der Waals surface area contributed by atoms with E-state index in [9.17, 15) is 22.8 Å². The molecule has 100 valence electrons. The summed E-state index contributed by atoms with van der Waals surface area (Å²) in [5.41, 5.74) is 0. The fourth-order valence-corrected chi connectivity index (χ4v) is 1.85. The molecule has 1 aliphatic rings. The lowest BCUT2D eigenvalue weighted by Gasteiger charge is -2.23. The zero-order valence-electron chi connectivity index (χ0n) is 9.28. The summed E-state index contributed by atoms with van der Waals surface area (Å²) in [6, 6.07) is -0.0581. The summed E-state index contributed by atoms with van der Waals surface area (Å²) in [5, 5.41) is 17.2. The van der Waals surface area contributed by atoms with Gasteiger partial charge in [0.05, 0.1) is 12.5 Å². The summed E-state index contributed by atoms with van der Waals surface area (Å²) in [6.07, 6.45) is -5.14. The van der Waals surface area contributed by atoms with Gasteiger partial charge in [-0.05, 0) is 12.8 Å². The van der Waals surface area contributed by atoms with Crippen molar-refractivity contribution in [1.82, 2.24) is 4.90 Å². The van der Waals surface area contributed by atoms with Gasteiger partial charge in [0.2, 0.25) is 5.91 Å². The van der Waals surface area contributed by atoms with Crippen LogP contribution in [0.1, 0.15) is 19.3 Å². The molecule has 1 saturated heterocycles. The molecule has 8 heteroatoms. The summed E-state index contributed by atoms with van der Waals surface area (Å²) >= 11 is 0. The van der Waals surface area contributed by atoms with Gasteiger partial charge < -0.3 is 10.0 Å². The Kier molecular flexibility index (Phi) is 4.16. The number of nitriles is 1. The lowest BCUT2D eigenvalue weighted by atomic mass is 10.1. The van der Waals surface area contributed by atoms with Crippen LogP contribution in [0.2, 0.25) is 0 Å². The quantitative estimate of drug-likeness (QED) is 0.829. The van der Waals surface area contributed by atoms with Gasteiger partial charge in [0.25, 0.3) is 0 Å². The van der Waals surface area contributed by atoms with E-state index in [4.69, 9.17) is 10.4 Å². The second kappa shape index (κ2) is 5.25. The van der Waals surface area contributed by atoms with E-state index in [2.05, 4.69) is 0 Å². The molecule has 0 aromatic heterocycles. The predicted octanol–water partition coefficient (Wildman–Crippen LogP) is 1.15. The first kappa shape index (κ1) is 14.3. The van der Waals surface area contributed by atoms with E-state index in [1.165, 1.54) is 0 Å². The third kappa shape index (κ3) is 3.12. The molecule has 5 nitrogen and oxygen atoms in total. The topological polar surface area (TPSA) is 81.4 Å². The number of aliphatic carboxylic acids is 1. The van der Waals surface area contributed by atoms with Crippen LogP contribution in [-0.2, 0) is 9.59 Å². The van der Waals surface area contributed by atoms with E-state index in [0.29, 0.717) is 6.42 Å². The molecule has 0 saturated carbocycles. The van der Waals surface area contributed by atoms with Gasteiger partial charge >= 0.3 is 12.1 Å². The van der Waals surface area contributed by atoms with Crippen LogP contribution in [0.3, 0.4) is 0 Å². The Morgan fingerprint density at radius 3 is 2.56 bits per heavy atom. The fraction of sp³-hybridized carbons (Fsp3) is 0.700. The fourth-order valence-electron chi connectivity index (χ4n) is 1.85. The lowest BCUT2D eigenvalue weighted by Crippen LogP contribution is -2.42. The van der Waals surface area contributed by atoms with Crippen molar-refractivity contribution in [2.24, 2.45) is 5.92 Å². The molecule has 18 heavy (non-hydrogen) atoms. The highest BCUT2D eigenvalue weighted by molar-refractivity contribution is 5.84. The molecule has 0 aliphatic carbocycles. The van der Waals surface area contributed by atoms with Crippen LogP contribution < -0.4 is 0 Å². The molecule has 1 aliphatic heterocycles. The van der Waals surface area contributed by atoms with Crippen molar-refractivity contribution in [2.45, 2.75) is 31.5 Å². The van der Waals surface area contributed by atoms with Crippen molar-refractivity contribution in [3.8, 4) is 6.07 Å². The number of hydrogen-bond donors (Lipinski definition) is 1. The van der Waals surface area contributed by atoms with Crippen LogP contribution in [0, 0.1) is 17.2 Å². The number of carbonyl (C=O) groups excluding carboxylic acids is 1. The first-order valence-corrected chi connectivity index (χ1v) is 5.26. The van der Waals surface area contributed by atoms with E-state index in [1.807, 2.05) is 0 Å². The minimum absolute atomic E-state index is 0.117. The number of rotatable bonds is 3. The number of amides is 1. The molecule has 2 atom stereocenters. The zero-order chi connectivity index (χ0) is 13.9. The molecular weight excluding hydrogens is 253 g/mol. The highest BCUT2D eigenvalue weighted by Gasteiger charge is 2.43. The molecule has 1 rings (SSSR count). The number of alkyl halides is 3. The Labute approximate surface area is 101 Å². The van der Waals surface area contributed by atoms with Gasteiger partial charge in [0.1, 0.15) is 6.04 Å².